The first-order chi connectivity index (χ1) is 6.57. The third-order valence-corrected chi connectivity index (χ3v) is 2.67. The Hall–Kier alpha value is -0.760. The second-order valence-electron chi connectivity index (χ2n) is 4.14. The van der Waals surface area contributed by atoms with Crippen molar-refractivity contribution in [3.05, 3.63) is 23.0 Å². The van der Waals surface area contributed by atoms with Gasteiger partial charge in [-0.25, -0.2) is 0 Å². The van der Waals surface area contributed by atoms with Crippen LogP contribution < -0.4 is 5.32 Å². The molecule has 0 radical (unpaired) electrons. The van der Waals surface area contributed by atoms with Gasteiger partial charge in [-0.2, -0.15) is 0 Å². The van der Waals surface area contributed by atoms with Gasteiger partial charge in [0.2, 0.25) is 0 Å². The molecule has 0 aliphatic rings. The van der Waals surface area contributed by atoms with Crippen LogP contribution in [-0.4, -0.2) is 11.1 Å². The van der Waals surface area contributed by atoms with Crippen molar-refractivity contribution >= 4 is 0 Å². The molecular formula is C12H22N2. The Labute approximate surface area is 87.3 Å². The predicted molar refractivity (Wildman–Crippen MR) is 61.7 cm³/mol. The standard InChI is InChI=1S/C12H22N2/c1-6-13-8-12-7-10(4)14(9(2)3)11(12)5/h7,9,13H,6,8H2,1-5H3. The summed E-state index contributed by atoms with van der Waals surface area (Å²) in [4.78, 5) is 0. The number of hydrogen-bond donors (Lipinski definition) is 1. The van der Waals surface area contributed by atoms with Gasteiger partial charge in [0, 0.05) is 24.0 Å². The van der Waals surface area contributed by atoms with Crippen LogP contribution in [0.3, 0.4) is 0 Å². The van der Waals surface area contributed by atoms with Gasteiger partial charge in [0.15, 0.2) is 0 Å². The number of nitrogens with one attached hydrogen (secondary N) is 1. The molecule has 0 bridgehead atoms. The zero-order valence-corrected chi connectivity index (χ0v) is 10.0. The normalized spacial score (nSPS) is 11.3. The summed E-state index contributed by atoms with van der Waals surface area (Å²) in [6, 6.07) is 2.85. The second-order valence-corrected chi connectivity index (χ2v) is 4.14. The minimum atomic E-state index is 0.561. The van der Waals surface area contributed by atoms with E-state index in [1.165, 1.54) is 17.0 Å². The van der Waals surface area contributed by atoms with E-state index in [4.69, 9.17) is 0 Å². The van der Waals surface area contributed by atoms with E-state index in [1.54, 1.807) is 0 Å². The fourth-order valence-electron chi connectivity index (χ4n) is 2.08. The van der Waals surface area contributed by atoms with Crippen molar-refractivity contribution in [3.63, 3.8) is 0 Å². The second kappa shape index (κ2) is 4.65. The first kappa shape index (κ1) is 11.3. The molecule has 0 fully saturated rings. The summed E-state index contributed by atoms with van der Waals surface area (Å²) in [7, 11) is 0. The van der Waals surface area contributed by atoms with Gasteiger partial charge in [-0.1, -0.05) is 6.92 Å². The molecule has 1 rings (SSSR count). The number of rotatable bonds is 4. The number of aromatic nitrogens is 1. The highest BCUT2D eigenvalue weighted by Crippen LogP contribution is 2.19. The SMILES string of the molecule is CCNCc1cc(C)n(C(C)C)c1C. The average Bonchev–Trinajstić information content (AvgIpc) is 2.38. The van der Waals surface area contributed by atoms with Crippen LogP contribution in [0.5, 0.6) is 0 Å². The van der Waals surface area contributed by atoms with Crippen molar-refractivity contribution < 1.29 is 0 Å². The molecule has 80 valence electrons. The van der Waals surface area contributed by atoms with Crippen LogP contribution in [0.1, 0.15) is 43.8 Å². The fourth-order valence-corrected chi connectivity index (χ4v) is 2.08. The Kier molecular flexibility index (Phi) is 3.76. The number of aryl methyl sites for hydroxylation is 1. The van der Waals surface area contributed by atoms with Crippen LogP contribution in [0, 0.1) is 13.8 Å². The zero-order valence-electron chi connectivity index (χ0n) is 10.0. The minimum absolute atomic E-state index is 0.561. The molecule has 0 unspecified atom stereocenters. The molecule has 0 saturated heterocycles. The highest BCUT2D eigenvalue weighted by molar-refractivity contribution is 5.27. The van der Waals surface area contributed by atoms with Crippen LogP contribution in [0.4, 0.5) is 0 Å². The van der Waals surface area contributed by atoms with Gasteiger partial charge in [0.25, 0.3) is 0 Å². The van der Waals surface area contributed by atoms with Gasteiger partial charge >= 0.3 is 0 Å². The molecule has 0 aromatic carbocycles. The number of nitrogens with zero attached hydrogens (tertiary/aromatic N) is 1. The van der Waals surface area contributed by atoms with E-state index in [9.17, 15) is 0 Å². The van der Waals surface area contributed by atoms with Crippen LogP contribution in [0.2, 0.25) is 0 Å². The zero-order chi connectivity index (χ0) is 10.7. The summed E-state index contributed by atoms with van der Waals surface area (Å²) in [5.74, 6) is 0. The molecule has 0 aliphatic heterocycles. The fraction of sp³-hybridized carbons (Fsp3) is 0.667. The lowest BCUT2D eigenvalue weighted by molar-refractivity contribution is 0.571. The lowest BCUT2D eigenvalue weighted by Crippen LogP contribution is -2.13. The van der Waals surface area contributed by atoms with Crippen LogP contribution in [-0.2, 0) is 6.54 Å². The molecule has 0 aliphatic carbocycles. The van der Waals surface area contributed by atoms with Gasteiger partial charge in [0.1, 0.15) is 0 Å². The molecule has 2 heteroatoms. The van der Waals surface area contributed by atoms with Crippen molar-refractivity contribution in [2.24, 2.45) is 0 Å². The average molecular weight is 194 g/mol. The van der Waals surface area contributed by atoms with Gasteiger partial charge in [0.05, 0.1) is 0 Å². The van der Waals surface area contributed by atoms with E-state index in [0.717, 1.165) is 13.1 Å². The lowest BCUT2D eigenvalue weighted by Gasteiger charge is -2.13. The summed E-state index contributed by atoms with van der Waals surface area (Å²) in [5, 5.41) is 3.37. The molecule has 1 heterocycles. The van der Waals surface area contributed by atoms with Gasteiger partial charge in [-0.3, -0.25) is 0 Å². The maximum absolute atomic E-state index is 3.37. The molecule has 1 N–H and O–H groups in total. The van der Waals surface area contributed by atoms with E-state index >= 15 is 0 Å². The maximum atomic E-state index is 3.37. The van der Waals surface area contributed by atoms with Crippen LogP contribution in [0.25, 0.3) is 0 Å². The third-order valence-electron chi connectivity index (χ3n) is 2.67. The topological polar surface area (TPSA) is 17.0 Å². The van der Waals surface area contributed by atoms with Crippen LogP contribution >= 0.6 is 0 Å². The largest absolute Gasteiger partial charge is 0.346 e. The molecule has 2 nitrogen and oxygen atoms in total. The molecule has 0 amide bonds. The predicted octanol–water partition coefficient (Wildman–Crippen LogP) is 2.80. The lowest BCUT2D eigenvalue weighted by atomic mass is 10.2. The Morgan fingerprint density at radius 3 is 2.43 bits per heavy atom. The smallest absolute Gasteiger partial charge is 0.0279 e. The highest BCUT2D eigenvalue weighted by atomic mass is 15.0. The molecule has 0 spiro atoms. The van der Waals surface area contributed by atoms with Crippen molar-refractivity contribution in [3.8, 4) is 0 Å². The number of hydrogen-bond acceptors (Lipinski definition) is 1. The molecule has 0 saturated carbocycles. The Morgan fingerprint density at radius 1 is 1.36 bits per heavy atom. The van der Waals surface area contributed by atoms with E-state index < -0.39 is 0 Å². The first-order valence-corrected chi connectivity index (χ1v) is 5.46. The summed E-state index contributed by atoms with van der Waals surface area (Å²) >= 11 is 0. The van der Waals surface area contributed by atoms with Crippen molar-refractivity contribution in [1.82, 2.24) is 9.88 Å². The van der Waals surface area contributed by atoms with E-state index in [2.05, 4.69) is 50.6 Å². The summed E-state index contributed by atoms with van der Waals surface area (Å²) in [6.45, 7) is 13.0. The monoisotopic (exact) mass is 194 g/mol. The van der Waals surface area contributed by atoms with Gasteiger partial charge in [-0.15, -0.1) is 0 Å². The molecule has 1 aromatic heterocycles. The summed E-state index contributed by atoms with van der Waals surface area (Å²) in [6.07, 6.45) is 0. The Bertz CT molecular complexity index is 298. The van der Waals surface area contributed by atoms with Crippen molar-refractivity contribution in [1.29, 1.82) is 0 Å². The Balaban J connectivity index is 2.92. The maximum Gasteiger partial charge on any atom is 0.0279 e. The van der Waals surface area contributed by atoms with E-state index in [0.29, 0.717) is 6.04 Å². The highest BCUT2D eigenvalue weighted by Gasteiger charge is 2.10. The third kappa shape index (κ3) is 2.18. The van der Waals surface area contributed by atoms with E-state index in [1.807, 2.05) is 0 Å². The van der Waals surface area contributed by atoms with Gasteiger partial charge < -0.3 is 9.88 Å². The molecule has 1 aromatic rings. The van der Waals surface area contributed by atoms with E-state index in [-0.39, 0.29) is 0 Å². The minimum Gasteiger partial charge on any atom is -0.346 e. The quantitative estimate of drug-likeness (QED) is 0.780. The summed E-state index contributed by atoms with van der Waals surface area (Å²) < 4.78 is 2.40. The molecular weight excluding hydrogens is 172 g/mol. The first-order valence-electron chi connectivity index (χ1n) is 5.46. The van der Waals surface area contributed by atoms with Crippen LogP contribution in [0.15, 0.2) is 6.07 Å². The molecule has 14 heavy (non-hydrogen) atoms. The summed E-state index contributed by atoms with van der Waals surface area (Å²) in [5.41, 5.74) is 4.20. The molecule has 0 atom stereocenters. The Morgan fingerprint density at radius 2 is 2.00 bits per heavy atom. The van der Waals surface area contributed by atoms with Gasteiger partial charge in [-0.05, 0) is 45.9 Å². The van der Waals surface area contributed by atoms with Crippen molar-refractivity contribution in [2.75, 3.05) is 6.54 Å². The van der Waals surface area contributed by atoms with Crippen molar-refractivity contribution in [2.45, 2.75) is 47.2 Å².